The summed E-state index contributed by atoms with van der Waals surface area (Å²) in [6.07, 6.45) is 1.78. The normalized spacial score (nSPS) is 12.6. The van der Waals surface area contributed by atoms with E-state index in [2.05, 4.69) is 16.8 Å². The van der Waals surface area contributed by atoms with Gasteiger partial charge in [0.2, 0.25) is 6.79 Å². The van der Waals surface area contributed by atoms with Crippen LogP contribution in [-0.4, -0.2) is 19.6 Å². The number of benzene rings is 1. The minimum absolute atomic E-state index is 0.303. The van der Waals surface area contributed by atoms with Crippen LogP contribution in [0.1, 0.15) is 12.5 Å². The molecule has 0 aromatic heterocycles. The standard InChI is InChI=1S/C12H11NO2/c1-2-3-6-13-8-10-4-5-11-12(7-10)15-9-14-11/h4-5,7-8H,6,9H2,1H3/b13-8+. The average Bonchev–Trinajstić information content (AvgIpc) is 2.71. The maximum atomic E-state index is 5.25. The molecule has 3 nitrogen and oxygen atoms in total. The molecule has 3 heteroatoms. The molecule has 0 amide bonds. The number of fused-ring (bicyclic) bond motifs is 1. The van der Waals surface area contributed by atoms with Gasteiger partial charge in [-0.25, -0.2) is 0 Å². The van der Waals surface area contributed by atoms with Gasteiger partial charge in [-0.05, 0) is 30.7 Å². The second-order valence-electron chi connectivity index (χ2n) is 3.01. The highest BCUT2D eigenvalue weighted by atomic mass is 16.7. The molecule has 0 bridgehead atoms. The molecule has 1 heterocycles. The van der Waals surface area contributed by atoms with E-state index in [0.717, 1.165) is 17.1 Å². The van der Waals surface area contributed by atoms with Crippen LogP contribution in [0.5, 0.6) is 11.5 Å². The summed E-state index contributed by atoms with van der Waals surface area (Å²) in [6.45, 7) is 2.64. The van der Waals surface area contributed by atoms with Crippen molar-refractivity contribution in [3.63, 3.8) is 0 Å². The molecule has 76 valence electrons. The highest BCUT2D eigenvalue weighted by Crippen LogP contribution is 2.31. The third-order valence-corrected chi connectivity index (χ3v) is 1.98. The maximum Gasteiger partial charge on any atom is 0.231 e. The summed E-state index contributed by atoms with van der Waals surface area (Å²) in [4.78, 5) is 4.16. The molecular weight excluding hydrogens is 190 g/mol. The Bertz CT molecular complexity index is 441. The van der Waals surface area contributed by atoms with Crippen LogP contribution in [0.4, 0.5) is 0 Å². The number of ether oxygens (including phenoxy) is 2. The Morgan fingerprint density at radius 3 is 3.13 bits per heavy atom. The van der Waals surface area contributed by atoms with E-state index in [0.29, 0.717) is 13.3 Å². The third-order valence-electron chi connectivity index (χ3n) is 1.98. The summed E-state index contributed by atoms with van der Waals surface area (Å²) in [5, 5.41) is 0. The molecule has 0 aliphatic carbocycles. The second kappa shape index (κ2) is 4.52. The molecule has 0 radical (unpaired) electrons. The molecule has 1 aliphatic heterocycles. The summed E-state index contributed by atoms with van der Waals surface area (Å²) in [5.74, 6) is 7.22. The molecule has 1 aromatic rings. The molecule has 0 saturated heterocycles. The van der Waals surface area contributed by atoms with Crippen molar-refractivity contribution in [2.24, 2.45) is 4.99 Å². The zero-order chi connectivity index (χ0) is 10.5. The van der Waals surface area contributed by atoms with Gasteiger partial charge in [-0.1, -0.05) is 5.92 Å². The number of rotatable bonds is 2. The lowest BCUT2D eigenvalue weighted by atomic mass is 10.2. The van der Waals surface area contributed by atoms with Crippen LogP contribution in [0.3, 0.4) is 0 Å². The van der Waals surface area contributed by atoms with Gasteiger partial charge in [0.05, 0.1) is 6.54 Å². The van der Waals surface area contributed by atoms with Gasteiger partial charge in [0, 0.05) is 6.21 Å². The quantitative estimate of drug-likeness (QED) is 0.540. The van der Waals surface area contributed by atoms with E-state index in [9.17, 15) is 0 Å². The van der Waals surface area contributed by atoms with E-state index in [1.54, 1.807) is 13.1 Å². The molecule has 0 unspecified atom stereocenters. The third kappa shape index (κ3) is 2.29. The van der Waals surface area contributed by atoms with Crippen molar-refractivity contribution >= 4 is 6.21 Å². The summed E-state index contributed by atoms with van der Waals surface area (Å²) < 4.78 is 10.5. The van der Waals surface area contributed by atoms with E-state index in [1.165, 1.54) is 0 Å². The Morgan fingerprint density at radius 1 is 1.40 bits per heavy atom. The Labute approximate surface area is 88.7 Å². The SMILES string of the molecule is CC#CC/N=C/c1ccc2c(c1)OCO2. The van der Waals surface area contributed by atoms with Gasteiger partial charge in [-0.15, -0.1) is 5.92 Å². The Balaban J connectivity index is 2.08. The summed E-state index contributed by atoms with van der Waals surface area (Å²) in [7, 11) is 0. The minimum atomic E-state index is 0.303. The van der Waals surface area contributed by atoms with E-state index in [4.69, 9.17) is 9.47 Å². The van der Waals surface area contributed by atoms with E-state index >= 15 is 0 Å². The van der Waals surface area contributed by atoms with Crippen molar-refractivity contribution in [2.75, 3.05) is 13.3 Å². The summed E-state index contributed by atoms with van der Waals surface area (Å²) in [6, 6.07) is 5.73. The fourth-order valence-electron chi connectivity index (χ4n) is 1.27. The van der Waals surface area contributed by atoms with Gasteiger partial charge in [0.1, 0.15) is 0 Å². The fraction of sp³-hybridized carbons (Fsp3) is 0.250. The van der Waals surface area contributed by atoms with Crippen LogP contribution < -0.4 is 9.47 Å². The van der Waals surface area contributed by atoms with Crippen LogP contribution in [0.15, 0.2) is 23.2 Å². The van der Waals surface area contributed by atoms with Gasteiger partial charge in [-0.3, -0.25) is 4.99 Å². The lowest BCUT2D eigenvalue weighted by molar-refractivity contribution is 0.174. The van der Waals surface area contributed by atoms with Gasteiger partial charge >= 0.3 is 0 Å². The summed E-state index contributed by atoms with van der Waals surface area (Å²) >= 11 is 0. The van der Waals surface area contributed by atoms with Crippen molar-refractivity contribution < 1.29 is 9.47 Å². The van der Waals surface area contributed by atoms with Gasteiger partial charge in [-0.2, -0.15) is 0 Å². The summed E-state index contributed by atoms with van der Waals surface area (Å²) in [5.41, 5.74) is 0.997. The maximum absolute atomic E-state index is 5.25. The average molecular weight is 201 g/mol. The predicted molar refractivity (Wildman–Crippen MR) is 58.5 cm³/mol. The lowest BCUT2D eigenvalue weighted by Crippen LogP contribution is -1.92. The first-order chi connectivity index (χ1) is 7.40. The van der Waals surface area contributed by atoms with Gasteiger partial charge in [0.15, 0.2) is 11.5 Å². The van der Waals surface area contributed by atoms with E-state index in [-0.39, 0.29) is 0 Å². The number of hydrogen-bond acceptors (Lipinski definition) is 3. The smallest absolute Gasteiger partial charge is 0.231 e. The first-order valence-corrected chi connectivity index (χ1v) is 4.69. The zero-order valence-corrected chi connectivity index (χ0v) is 8.49. The first-order valence-electron chi connectivity index (χ1n) is 4.69. The Kier molecular flexibility index (Phi) is 2.89. The monoisotopic (exact) mass is 201 g/mol. The molecule has 0 fully saturated rings. The van der Waals surface area contributed by atoms with Crippen molar-refractivity contribution in [3.8, 4) is 23.3 Å². The van der Waals surface area contributed by atoms with Crippen LogP contribution in [-0.2, 0) is 0 Å². The van der Waals surface area contributed by atoms with Gasteiger partial charge < -0.3 is 9.47 Å². The highest BCUT2D eigenvalue weighted by molar-refractivity contribution is 5.81. The first kappa shape index (κ1) is 9.60. The number of aliphatic imine (C=N–C) groups is 1. The number of hydrogen-bond donors (Lipinski definition) is 0. The van der Waals surface area contributed by atoms with Crippen LogP contribution >= 0.6 is 0 Å². The fourth-order valence-corrected chi connectivity index (χ4v) is 1.27. The molecule has 0 spiro atoms. The highest BCUT2D eigenvalue weighted by Gasteiger charge is 2.12. The number of nitrogens with zero attached hydrogens (tertiary/aromatic N) is 1. The molecule has 0 saturated carbocycles. The molecule has 15 heavy (non-hydrogen) atoms. The van der Waals surface area contributed by atoms with Crippen LogP contribution in [0.2, 0.25) is 0 Å². The van der Waals surface area contributed by atoms with Crippen molar-refractivity contribution in [2.45, 2.75) is 6.92 Å². The van der Waals surface area contributed by atoms with E-state index < -0.39 is 0 Å². The minimum Gasteiger partial charge on any atom is -0.454 e. The molecular formula is C12H11NO2. The predicted octanol–water partition coefficient (Wildman–Crippen LogP) is 1.86. The van der Waals surface area contributed by atoms with Gasteiger partial charge in [0.25, 0.3) is 0 Å². The molecule has 0 atom stereocenters. The van der Waals surface area contributed by atoms with E-state index in [1.807, 2.05) is 18.2 Å². The Morgan fingerprint density at radius 2 is 2.27 bits per heavy atom. The van der Waals surface area contributed by atoms with Crippen molar-refractivity contribution in [1.29, 1.82) is 0 Å². The Hall–Kier alpha value is -1.95. The lowest BCUT2D eigenvalue weighted by Gasteiger charge is -1.96. The van der Waals surface area contributed by atoms with Crippen molar-refractivity contribution in [1.82, 2.24) is 0 Å². The van der Waals surface area contributed by atoms with Crippen LogP contribution in [0.25, 0.3) is 0 Å². The second-order valence-corrected chi connectivity index (χ2v) is 3.01. The van der Waals surface area contributed by atoms with Crippen molar-refractivity contribution in [3.05, 3.63) is 23.8 Å². The molecule has 2 rings (SSSR count). The topological polar surface area (TPSA) is 30.8 Å². The van der Waals surface area contributed by atoms with Crippen LogP contribution in [0, 0.1) is 11.8 Å². The zero-order valence-electron chi connectivity index (χ0n) is 8.49. The molecule has 1 aromatic carbocycles. The molecule has 1 aliphatic rings. The molecule has 0 N–H and O–H groups in total. The largest absolute Gasteiger partial charge is 0.454 e.